The number of aromatic hydroxyl groups is 1. The van der Waals surface area contributed by atoms with Gasteiger partial charge in [0.05, 0.1) is 12.3 Å². The normalized spacial score (nSPS) is 9.07. The van der Waals surface area contributed by atoms with Crippen molar-refractivity contribution < 1.29 is 9.84 Å². The summed E-state index contributed by atoms with van der Waals surface area (Å²) >= 11 is 0. The van der Waals surface area contributed by atoms with Crippen LogP contribution in [0.25, 0.3) is 0 Å². The summed E-state index contributed by atoms with van der Waals surface area (Å²) in [6.07, 6.45) is 0. The first-order valence-electron chi connectivity index (χ1n) is 5.26. The fourth-order valence-electron chi connectivity index (χ4n) is 1.08. The lowest BCUT2D eigenvalue weighted by Gasteiger charge is -2.08. The van der Waals surface area contributed by atoms with E-state index in [9.17, 15) is 5.11 Å². The van der Waals surface area contributed by atoms with Crippen molar-refractivity contribution in [1.29, 1.82) is 0 Å². The topological polar surface area (TPSA) is 41.5 Å². The molecule has 0 aliphatic carbocycles. The first-order valence-corrected chi connectivity index (χ1v) is 5.26. The van der Waals surface area contributed by atoms with Crippen LogP contribution in [0.2, 0.25) is 0 Å². The highest BCUT2D eigenvalue weighted by atomic mass is 16.5. The summed E-state index contributed by atoms with van der Waals surface area (Å²) in [5.74, 6) is 0.279. The molecule has 0 amide bonds. The van der Waals surface area contributed by atoms with Gasteiger partial charge >= 0.3 is 0 Å². The van der Waals surface area contributed by atoms with Gasteiger partial charge in [0.15, 0.2) is 0 Å². The molecule has 1 aromatic carbocycles. The van der Waals surface area contributed by atoms with Crippen molar-refractivity contribution in [2.24, 2.45) is 0 Å². The van der Waals surface area contributed by atoms with Crippen LogP contribution in [0.4, 0.5) is 5.69 Å². The maximum absolute atomic E-state index is 9.43. The molecule has 15 heavy (non-hydrogen) atoms. The number of rotatable bonds is 4. The summed E-state index contributed by atoms with van der Waals surface area (Å²) in [5, 5.41) is 12.5. The number of hydrogen-bond acceptors (Lipinski definition) is 3. The number of anilines is 1. The second kappa shape index (κ2) is 8.12. The lowest BCUT2D eigenvalue weighted by Crippen LogP contribution is -2.07. The number of phenols is 1. The summed E-state index contributed by atoms with van der Waals surface area (Å²) in [6.45, 7) is 7.32. The van der Waals surface area contributed by atoms with E-state index in [0.29, 0.717) is 13.2 Å². The predicted octanol–water partition coefficient (Wildman–Crippen LogP) is 2.79. The van der Waals surface area contributed by atoms with E-state index in [0.717, 1.165) is 11.3 Å². The van der Waals surface area contributed by atoms with Gasteiger partial charge in [-0.15, -0.1) is 0 Å². The van der Waals surface area contributed by atoms with Crippen molar-refractivity contribution >= 4 is 5.69 Å². The van der Waals surface area contributed by atoms with Gasteiger partial charge < -0.3 is 15.2 Å². The molecule has 0 aliphatic heterocycles. The quantitative estimate of drug-likeness (QED) is 0.594. The Morgan fingerprint density at radius 2 is 2.00 bits per heavy atom. The number of hydrogen-bond donors (Lipinski definition) is 2. The van der Waals surface area contributed by atoms with Crippen molar-refractivity contribution in [3.8, 4) is 5.75 Å². The van der Waals surface area contributed by atoms with E-state index in [-0.39, 0.29) is 5.75 Å². The molecular formula is C12H21NO2. The van der Waals surface area contributed by atoms with Gasteiger partial charge in [0.1, 0.15) is 5.75 Å². The van der Waals surface area contributed by atoms with Gasteiger partial charge in [-0.2, -0.15) is 0 Å². The number of ether oxygens (including phenoxy) is 1. The molecule has 0 bridgehead atoms. The molecule has 3 heteroatoms. The van der Waals surface area contributed by atoms with E-state index in [1.807, 2.05) is 32.9 Å². The Morgan fingerprint density at radius 3 is 2.60 bits per heavy atom. The zero-order chi connectivity index (χ0) is 11.7. The molecule has 0 radical (unpaired) electrons. The number of methoxy groups -OCH3 is 1. The Labute approximate surface area is 92.1 Å². The first-order chi connectivity index (χ1) is 7.24. The molecule has 0 aliphatic rings. The van der Waals surface area contributed by atoms with E-state index in [1.165, 1.54) is 0 Å². The number of aryl methyl sites for hydroxylation is 1. The first kappa shape index (κ1) is 13.8. The van der Waals surface area contributed by atoms with Crippen molar-refractivity contribution in [3.63, 3.8) is 0 Å². The summed E-state index contributed by atoms with van der Waals surface area (Å²) in [5.41, 5.74) is 1.88. The molecule has 86 valence electrons. The van der Waals surface area contributed by atoms with Crippen LogP contribution in [-0.4, -0.2) is 25.4 Å². The molecule has 0 unspecified atom stereocenters. The molecule has 1 aromatic rings. The Kier molecular flexibility index (Phi) is 7.46. The van der Waals surface area contributed by atoms with Gasteiger partial charge in [0, 0.05) is 13.7 Å². The van der Waals surface area contributed by atoms with Crippen LogP contribution in [0, 0.1) is 6.92 Å². The minimum absolute atomic E-state index is 0.279. The second-order valence-corrected chi connectivity index (χ2v) is 2.94. The summed E-state index contributed by atoms with van der Waals surface area (Å²) in [4.78, 5) is 0. The Balaban J connectivity index is 0.000000921. The number of benzene rings is 1. The molecule has 0 heterocycles. The van der Waals surface area contributed by atoms with Crippen LogP contribution in [0.15, 0.2) is 18.2 Å². The molecule has 1 rings (SSSR count). The zero-order valence-electron chi connectivity index (χ0n) is 10.0. The Bertz CT molecular complexity index is 274. The van der Waals surface area contributed by atoms with Crippen molar-refractivity contribution in [2.75, 3.05) is 25.6 Å². The molecule has 0 saturated heterocycles. The summed E-state index contributed by atoms with van der Waals surface area (Å²) in [6, 6.07) is 5.46. The lowest BCUT2D eigenvalue weighted by molar-refractivity contribution is 0.210. The average Bonchev–Trinajstić information content (AvgIpc) is 2.26. The van der Waals surface area contributed by atoms with Crippen molar-refractivity contribution in [1.82, 2.24) is 0 Å². The fraction of sp³-hybridized carbons (Fsp3) is 0.500. The van der Waals surface area contributed by atoms with Gasteiger partial charge in [0.2, 0.25) is 0 Å². The highest BCUT2D eigenvalue weighted by Gasteiger charge is 1.98. The maximum Gasteiger partial charge on any atom is 0.138 e. The van der Waals surface area contributed by atoms with Gasteiger partial charge in [-0.25, -0.2) is 0 Å². The van der Waals surface area contributed by atoms with Crippen LogP contribution in [0.1, 0.15) is 19.4 Å². The van der Waals surface area contributed by atoms with Crippen LogP contribution in [0.3, 0.4) is 0 Å². The number of phenolic OH excluding ortho intramolecular Hbond substituents is 1. The standard InChI is InChI=1S/C10H15NO2.C2H6/c1-8-3-4-10(12)9(7-8)11-5-6-13-2;1-2/h3-4,7,11-12H,5-6H2,1-2H3;1-2H3. The largest absolute Gasteiger partial charge is 0.506 e. The van der Waals surface area contributed by atoms with Crippen molar-refractivity contribution in [2.45, 2.75) is 20.8 Å². The van der Waals surface area contributed by atoms with E-state index < -0.39 is 0 Å². The van der Waals surface area contributed by atoms with Crippen LogP contribution in [-0.2, 0) is 4.74 Å². The monoisotopic (exact) mass is 211 g/mol. The zero-order valence-corrected chi connectivity index (χ0v) is 10.0. The third-order valence-corrected chi connectivity index (χ3v) is 1.77. The van der Waals surface area contributed by atoms with Crippen LogP contribution >= 0.6 is 0 Å². The third-order valence-electron chi connectivity index (χ3n) is 1.77. The average molecular weight is 211 g/mol. The van der Waals surface area contributed by atoms with E-state index in [4.69, 9.17) is 4.74 Å². The van der Waals surface area contributed by atoms with Gasteiger partial charge in [-0.3, -0.25) is 0 Å². The summed E-state index contributed by atoms with van der Waals surface area (Å²) < 4.78 is 4.89. The number of nitrogens with one attached hydrogen (secondary N) is 1. The molecule has 2 N–H and O–H groups in total. The van der Waals surface area contributed by atoms with Gasteiger partial charge in [-0.1, -0.05) is 19.9 Å². The van der Waals surface area contributed by atoms with Crippen LogP contribution < -0.4 is 5.32 Å². The van der Waals surface area contributed by atoms with Crippen molar-refractivity contribution in [3.05, 3.63) is 23.8 Å². The lowest BCUT2D eigenvalue weighted by atomic mass is 10.2. The highest BCUT2D eigenvalue weighted by Crippen LogP contribution is 2.23. The molecule has 0 saturated carbocycles. The smallest absolute Gasteiger partial charge is 0.138 e. The minimum Gasteiger partial charge on any atom is -0.506 e. The van der Waals surface area contributed by atoms with E-state index >= 15 is 0 Å². The molecule has 0 atom stereocenters. The Morgan fingerprint density at radius 1 is 1.33 bits per heavy atom. The molecule has 0 fully saturated rings. The van der Waals surface area contributed by atoms with E-state index in [2.05, 4.69) is 5.32 Å². The van der Waals surface area contributed by atoms with Gasteiger partial charge in [-0.05, 0) is 24.6 Å². The summed E-state index contributed by atoms with van der Waals surface area (Å²) in [7, 11) is 1.65. The maximum atomic E-state index is 9.43. The Hall–Kier alpha value is -1.22. The molecular weight excluding hydrogens is 190 g/mol. The van der Waals surface area contributed by atoms with Crippen LogP contribution in [0.5, 0.6) is 5.75 Å². The molecule has 0 aromatic heterocycles. The third kappa shape index (κ3) is 5.27. The fourth-order valence-corrected chi connectivity index (χ4v) is 1.08. The second-order valence-electron chi connectivity index (χ2n) is 2.94. The highest BCUT2D eigenvalue weighted by molar-refractivity contribution is 5.57. The molecule has 0 spiro atoms. The van der Waals surface area contributed by atoms with E-state index in [1.54, 1.807) is 13.2 Å². The minimum atomic E-state index is 0.279. The SMILES string of the molecule is CC.COCCNc1cc(C)ccc1O. The molecule has 3 nitrogen and oxygen atoms in total. The predicted molar refractivity (Wildman–Crippen MR) is 64.6 cm³/mol. The van der Waals surface area contributed by atoms with Gasteiger partial charge in [0.25, 0.3) is 0 Å².